The highest BCUT2D eigenvalue weighted by atomic mass is 32.1. The third-order valence-electron chi connectivity index (χ3n) is 5.90. The minimum absolute atomic E-state index is 0.0383. The van der Waals surface area contributed by atoms with Gasteiger partial charge in [0.1, 0.15) is 10.7 Å². The van der Waals surface area contributed by atoms with Crippen molar-refractivity contribution in [2.24, 2.45) is 5.92 Å². The van der Waals surface area contributed by atoms with Crippen molar-refractivity contribution in [3.05, 3.63) is 26.6 Å². The molecule has 2 aromatic rings. The number of piperidine rings is 1. The second-order valence-electron chi connectivity index (χ2n) is 7.85. The number of amides is 1. The SMILES string of the molecule is CNCC1CCCN(C(=O)c2sc3nc4n(c(=O)c3c2C)CCCCC4)C1. The summed E-state index contributed by atoms with van der Waals surface area (Å²) in [6.07, 6.45) is 6.29. The average molecular weight is 389 g/mol. The molecule has 4 heterocycles. The van der Waals surface area contributed by atoms with Crippen molar-refractivity contribution in [2.75, 3.05) is 26.7 Å². The van der Waals surface area contributed by atoms with Gasteiger partial charge in [-0.3, -0.25) is 14.2 Å². The maximum atomic E-state index is 13.2. The Hall–Kier alpha value is -1.73. The van der Waals surface area contributed by atoms with Crippen LogP contribution in [0.15, 0.2) is 4.79 Å². The molecule has 1 unspecified atom stereocenters. The first-order chi connectivity index (χ1) is 13.1. The Morgan fingerprint density at radius 2 is 2.11 bits per heavy atom. The largest absolute Gasteiger partial charge is 0.338 e. The van der Waals surface area contributed by atoms with E-state index in [1.165, 1.54) is 11.3 Å². The topological polar surface area (TPSA) is 67.2 Å². The summed E-state index contributed by atoms with van der Waals surface area (Å²) in [7, 11) is 1.96. The van der Waals surface area contributed by atoms with Gasteiger partial charge in [-0.05, 0) is 57.7 Å². The predicted octanol–water partition coefficient (Wildman–Crippen LogP) is 2.56. The van der Waals surface area contributed by atoms with Gasteiger partial charge < -0.3 is 10.2 Å². The second-order valence-corrected chi connectivity index (χ2v) is 8.85. The molecule has 0 aromatic carbocycles. The van der Waals surface area contributed by atoms with Crippen molar-refractivity contribution in [3.8, 4) is 0 Å². The highest BCUT2D eigenvalue weighted by molar-refractivity contribution is 7.20. The van der Waals surface area contributed by atoms with Crippen LogP contribution in [-0.2, 0) is 13.0 Å². The van der Waals surface area contributed by atoms with Gasteiger partial charge in [-0.1, -0.05) is 6.42 Å². The third kappa shape index (κ3) is 3.43. The Bertz CT molecular complexity index is 915. The zero-order valence-electron chi connectivity index (χ0n) is 16.2. The predicted molar refractivity (Wildman–Crippen MR) is 109 cm³/mol. The van der Waals surface area contributed by atoms with E-state index in [4.69, 9.17) is 4.98 Å². The number of carbonyl (C=O) groups excluding carboxylic acids is 1. The lowest BCUT2D eigenvalue weighted by molar-refractivity contribution is 0.0678. The van der Waals surface area contributed by atoms with Gasteiger partial charge in [0, 0.05) is 26.1 Å². The third-order valence-corrected chi connectivity index (χ3v) is 7.08. The summed E-state index contributed by atoms with van der Waals surface area (Å²) in [5.41, 5.74) is 0.851. The lowest BCUT2D eigenvalue weighted by Crippen LogP contribution is -2.42. The number of thiophene rings is 1. The first-order valence-electron chi connectivity index (χ1n) is 10.1. The van der Waals surface area contributed by atoms with Crippen LogP contribution in [0.3, 0.4) is 0 Å². The number of nitrogens with zero attached hydrogens (tertiary/aromatic N) is 3. The molecule has 2 aromatic heterocycles. The Morgan fingerprint density at radius 1 is 1.26 bits per heavy atom. The Labute approximate surface area is 163 Å². The van der Waals surface area contributed by atoms with E-state index in [1.54, 1.807) is 0 Å². The molecule has 4 rings (SSSR count). The van der Waals surface area contributed by atoms with Crippen LogP contribution in [0.5, 0.6) is 0 Å². The first-order valence-corrected chi connectivity index (χ1v) is 10.9. The van der Waals surface area contributed by atoms with Gasteiger partial charge in [-0.2, -0.15) is 0 Å². The van der Waals surface area contributed by atoms with E-state index in [2.05, 4.69) is 5.32 Å². The summed E-state index contributed by atoms with van der Waals surface area (Å²) in [5.74, 6) is 1.45. The molecule has 6 nitrogen and oxygen atoms in total. The number of carbonyl (C=O) groups is 1. The van der Waals surface area contributed by atoms with Gasteiger partial charge in [0.2, 0.25) is 0 Å². The summed E-state index contributed by atoms with van der Waals surface area (Å²) in [4.78, 5) is 34.5. The van der Waals surface area contributed by atoms with Crippen LogP contribution >= 0.6 is 11.3 Å². The Balaban J connectivity index is 1.70. The van der Waals surface area contributed by atoms with Crippen LogP contribution < -0.4 is 10.9 Å². The number of fused-ring (bicyclic) bond motifs is 2. The fraction of sp³-hybridized carbons (Fsp3) is 0.650. The average Bonchev–Trinajstić information content (AvgIpc) is 2.84. The minimum Gasteiger partial charge on any atom is -0.338 e. The van der Waals surface area contributed by atoms with Gasteiger partial charge in [0.15, 0.2) is 0 Å². The van der Waals surface area contributed by atoms with Crippen LogP contribution in [-0.4, -0.2) is 47.0 Å². The quantitative estimate of drug-likeness (QED) is 0.878. The molecule has 1 saturated heterocycles. The van der Waals surface area contributed by atoms with Crippen molar-refractivity contribution < 1.29 is 4.79 Å². The molecular formula is C20H28N4O2S. The highest BCUT2D eigenvalue weighted by Crippen LogP contribution is 2.30. The van der Waals surface area contributed by atoms with E-state index >= 15 is 0 Å². The van der Waals surface area contributed by atoms with E-state index in [0.717, 1.165) is 80.9 Å². The maximum Gasteiger partial charge on any atom is 0.264 e. The number of aryl methyl sites for hydroxylation is 2. The number of likely N-dealkylation sites (tertiary alicyclic amines) is 1. The summed E-state index contributed by atoms with van der Waals surface area (Å²) in [6.45, 7) is 5.18. The summed E-state index contributed by atoms with van der Waals surface area (Å²) < 4.78 is 1.84. The van der Waals surface area contributed by atoms with E-state index in [0.29, 0.717) is 16.2 Å². The molecule has 2 aliphatic heterocycles. The fourth-order valence-electron chi connectivity index (χ4n) is 4.46. The van der Waals surface area contributed by atoms with Gasteiger partial charge in [0.05, 0.1) is 10.3 Å². The molecule has 146 valence electrons. The van der Waals surface area contributed by atoms with Crippen LogP contribution in [0.4, 0.5) is 0 Å². The zero-order valence-corrected chi connectivity index (χ0v) is 17.0. The number of aromatic nitrogens is 2. The number of rotatable bonds is 3. The summed E-state index contributed by atoms with van der Waals surface area (Å²) in [6, 6.07) is 0. The molecule has 27 heavy (non-hydrogen) atoms. The first kappa shape index (κ1) is 18.6. The van der Waals surface area contributed by atoms with Crippen molar-refractivity contribution in [1.29, 1.82) is 0 Å². The van der Waals surface area contributed by atoms with Gasteiger partial charge in [-0.15, -0.1) is 11.3 Å². The van der Waals surface area contributed by atoms with E-state index < -0.39 is 0 Å². The monoisotopic (exact) mass is 388 g/mol. The van der Waals surface area contributed by atoms with Crippen LogP contribution in [0.1, 0.15) is 53.2 Å². The van der Waals surface area contributed by atoms with E-state index in [-0.39, 0.29) is 11.5 Å². The molecule has 0 spiro atoms. The molecule has 0 aliphatic carbocycles. The molecule has 0 radical (unpaired) electrons. The van der Waals surface area contributed by atoms with Crippen molar-refractivity contribution in [1.82, 2.24) is 19.8 Å². The number of hydrogen-bond donors (Lipinski definition) is 1. The molecule has 1 atom stereocenters. The lowest BCUT2D eigenvalue weighted by atomic mass is 9.97. The molecule has 1 N–H and O–H groups in total. The van der Waals surface area contributed by atoms with Gasteiger partial charge in [0.25, 0.3) is 11.5 Å². The molecule has 0 bridgehead atoms. The van der Waals surface area contributed by atoms with Crippen LogP contribution in [0.25, 0.3) is 10.2 Å². The Morgan fingerprint density at radius 3 is 2.93 bits per heavy atom. The van der Waals surface area contributed by atoms with Crippen LogP contribution in [0.2, 0.25) is 0 Å². The molecule has 7 heteroatoms. The van der Waals surface area contributed by atoms with Crippen LogP contribution in [0, 0.1) is 12.8 Å². The van der Waals surface area contributed by atoms with E-state index in [1.807, 2.05) is 23.4 Å². The van der Waals surface area contributed by atoms with Crippen molar-refractivity contribution in [3.63, 3.8) is 0 Å². The molecule has 1 amide bonds. The van der Waals surface area contributed by atoms with Crippen molar-refractivity contribution in [2.45, 2.75) is 52.0 Å². The minimum atomic E-state index is 0.0383. The molecule has 2 aliphatic rings. The van der Waals surface area contributed by atoms with Gasteiger partial charge in [-0.25, -0.2) is 4.98 Å². The summed E-state index contributed by atoms with van der Waals surface area (Å²) >= 11 is 1.40. The normalized spacial score (nSPS) is 20.5. The fourth-order valence-corrected chi connectivity index (χ4v) is 5.62. The lowest BCUT2D eigenvalue weighted by Gasteiger charge is -2.32. The molecule has 1 fully saturated rings. The molecular weight excluding hydrogens is 360 g/mol. The second kappa shape index (κ2) is 7.72. The highest BCUT2D eigenvalue weighted by Gasteiger charge is 2.28. The number of nitrogens with one attached hydrogen (secondary N) is 1. The summed E-state index contributed by atoms with van der Waals surface area (Å²) in [5, 5.41) is 3.87. The maximum absolute atomic E-state index is 13.2. The van der Waals surface area contributed by atoms with Crippen molar-refractivity contribution >= 4 is 27.5 Å². The van der Waals surface area contributed by atoms with E-state index in [9.17, 15) is 9.59 Å². The Kier molecular flexibility index (Phi) is 5.32. The smallest absolute Gasteiger partial charge is 0.264 e. The zero-order chi connectivity index (χ0) is 19.0. The number of hydrogen-bond acceptors (Lipinski definition) is 5. The molecule has 0 saturated carbocycles. The standard InChI is InChI=1S/C20H28N4O2S/c1-13-16-18(22-15-8-4-3-5-10-24(15)19(16)25)27-17(13)20(26)23-9-6-7-14(12-23)11-21-2/h14,21H,3-12H2,1-2H3. The van der Waals surface area contributed by atoms with Gasteiger partial charge >= 0.3 is 0 Å².